The largest absolute Gasteiger partial charge is 0.361 e. The number of halogens is 1. The zero-order valence-corrected chi connectivity index (χ0v) is 14.2. The highest BCUT2D eigenvalue weighted by molar-refractivity contribution is 6.31. The molecule has 5 heteroatoms. The van der Waals surface area contributed by atoms with Crippen molar-refractivity contribution in [2.24, 2.45) is 0 Å². The van der Waals surface area contributed by atoms with Crippen molar-refractivity contribution >= 4 is 22.5 Å². The van der Waals surface area contributed by atoms with Gasteiger partial charge in [0.25, 0.3) is 0 Å². The SMILES string of the molecule is Clc1ccc2[nH]cc(CN3CCc4nc(C5CC5)ncc4C3)c2c1. The molecule has 3 heterocycles. The van der Waals surface area contributed by atoms with Gasteiger partial charge in [0.05, 0.1) is 0 Å². The summed E-state index contributed by atoms with van der Waals surface area (Å²) in [6.07, 6.45) is 7.68. The van der Waals surface area contributed by atoms with E-state index < -0.39 is 0 Å². The number of rotatable bonds is 3. The molecule has 1 aromatic carbocycles. The Kier molecular flexibility index (Phi) is 3.35. The number of aromatic nitrogens is 3. The van der Waals surface area contributed by atoms with E-state index in [9.17, 15) is 0 Å². The lowest BCUT2D eigenvalue weighted by Gasteiger charge is -2.27. The number of nitrogens with zero attached hydrogens (tertiary/aromatic N) is 3. The maximum absolute atomic E-state index is 6.16. The van der Waals surface area contributed by atoms with Crippen LogP contribution in [-0.4, -0.2) is 26.4 Å². The summed E-state index contributed by atoms with van der Waals surface area (Å²) >= 11 is 6.16. The Morgan fingerprint density at radius 1 is 1.29 bits per heavy atom. The van der Waals surface area contributed by atoms with E-state index in [0.29, 0.717) is 5.92 Å². The molecule has 1 fully saturated rings. The van der Waals surface area contributed by atoms with Crippen LogP contribution in [0.2, 0.25) is 5.02 Å². The highest BCUT2D eigenvalue weighted by Gasteiger charge is 2.28. The zero-order chi connectivity index (χ0) is 16.1. The number of nitrogens with one attached hydrogen (secondary N) is 1. The molecule has 5 rings (SSSR count). The van der Waals surface area contributed by atoms with Gasteiger partial charge in [-0.15, -0.1) is 0 Å². The van der Waals surface area contributed by atoms with Crippen LogP contribution in [0.1, 0.15) is 41.4 Å². The van der Waals surface area contributed by atoms with Crippen LogP contribution in [0, 0.1) is 0 Å². The predicted molar refractivity (Wildman–Crippen MR) is 95.1 cm³/mol. The van der Waals surface area contributed by atoms with Crippen molar-refractivity contribution in [2.45, 2.75) is 38.3 Å². The molecule has 0 amide bonds. The highest BCUT2D eigenvalue weighted by atomic mass is 35.5. The van der Waals surface area contributed by atoms with Gasteiger partial charge in [-0.2, -0.15) is 0 Å². The molecule has 1 saturated carbocycles. The molecule has 2 aliphatic rings. The van der Waals surface area contributed by atoms with Gasteiger partial charge >= 0.3 is 0 Å². The number of hydrogen-bond acceptors (Lipinski definition) is 3. The number of benzene rings is 1. The van der Waals surface area contributed by atoms with Crippen LogP contribution in [0.25, 0.3) is 10.9 Å². The number of aromatic amines is 1. The average molecular weight is 339 g/mol. The lowest BCUT2D eigenvalue weighted by molar-refractivity contribution is 0.243. The van der Waals surface area contributed by atoms with Gasteiger partial charge in [0, 0.05) is 71.5 Å². The first kappa shape index (κ1) is 14.4. The molecule has 1 aliphatic heterocycles. The second-order valence-corrected chi connectivity index (χ2v) is 7.38. The number of fused-ring (bicyclic) bond motifs is 2. The van der Waals surface area contributed by atoms with Crippen LogP contribution in [0.4, 0.5) is 0 Å². The van der Waals surface area contributed by atoms with E-state index in [1.807, 2.05) is 24.4 Å². The molecular weight excluding hydrogens is 320 g/mol. The number of hydrogen-bond donors (Lipinski definition) is 1. The minimum Gasteiger partial charge on any atom is -0.361 e. The van der Waals surface area contributed by atoms with E-state index in [2.05, 4.69) is 21.1 Å². The minimum absolute atomic E-state index is 0.629. The Hall–Kier alpha value is -1.91. The van der Waals surface area contributed by atoms with Crippen LogP contribution < -0.4 is 0 Å². The summed E-state index contributed by atoms with van der Waals surface area (Å²) in [5, 5.41) is 2.00. The van der Waals surface area contributed by atoms with Crippen molar-refractivity contribution in [2.75, 3.05) is 6.54 Å². The van der Waals surface area contributed by atoms with Gasteiger partial charge in [-0.05, 0) is 36.6 Å². The fraction of sp³-hybridized carbons (Fsp3) is 0.368. The van der Waals surface area contributed by atoms with Crippen molar-refractivity contribution in [3.05, 3.63) is 58.3 Å². The Morgan fingerprint density at radius 3 is 3.08 bits per heavy atom. The molecule has 0 unspecified atom stereocenters. The van der Waals surface area contributed by atoms with Gasteiger partial charge in [-0.25, -0.2) is 9.97 Å². The summed E-state index contributed by atoms with van der Waals surface area (Å²) in [7, 11) is 0. The van der Waals surface area contributed by atoms with Gasteiger partial charge in [0.2, 0.25) is 0 Å². The summed E-state index contributed by atoms with van der Waals surface area (Å²) in [6, 6.07) is 6.02. The average Bonchev–Trinajstić information content (AvgIpc) is 3.38. The van der Waals surface area contributed by atoms with E-state index in [4.69, 9.17) is 16.6 Å². The van der Waals surface area contributed by atoms with E-state index >= 15 is 0 Å². The van der Waals surface area contributed by atoms with Gasteiger partial charge in [-0.1, -0.05) is 11.6 Å². The Labute approximate surface area is 145 Å². The van der Waals surface area contributed by atoms with Gasteiger partial charge in [0.1, 0.15) is 5.82 Å². The lowest BCUT2D eigenvalue weighted by Crippen LogP contribution is -2.31. The van der Waals surface area contributed by atoms with E-state index in [-0.39, 0.29) is 0 Å². The summed E-state index contributed by atoms with van der Waals surface area (Å²) in [5.74, 6) is 1.69. The van der Waals surface area contributed by atoms with Gasteiger partial charge in [0.15, 0.2) is 0 Å². The Bertz CT molecular complexity index is 913. The standard InChI is InChI=1S/C19H19ClN4/c20-15-3-4-18-16(7-15)13(8-21-18)10-24-6-5-17-14(11-24)9-22-19(23-17)12-1-2-12/h3-4,7-9,12,21H,1-2,5-6,10-11H2. The number of H-pyrrole nitrogens is 1. The Balaban J connectivity index is 1.37. The second kappa shape index (κ2) is 5.57. The van der Waals surface area contributed by atoms with Crippen molar-refractivity contribution in [1.82, 2.24) is 19.9 Å². The van der Waals surface area contributed by atoms with E-state index in [1.165, 1.54) is 35.0 Å². The first-order chi connectivity index (χ1) is 11.8. The maximum atomic E-state index is 6.16. The Morgan fingerprint density at radius 2 is 2.21 bits per heavy atom. The van der Waals surface area contributed by atoms with Crippen LogP contribution in [0.15, 0.2) is 30.6 Å². The lowest BCUT2D eigenvalue weighted by atomic mass is 10.1. The monoisotopic (exact) mass is 338 g/mol. The van der Waals surface area contributed by atoms with Crippen LogP contribution in [0.5, 0.6) is 0 Å². The van der Waals surface area contributed by atoms with Crippen molar-refractivity contribution < 1.29 is 0 Å². The van der Waals surface area contributed by atoms with E-state index in [0.717, 1.165) is 42.4 Å². The highest BCUT2D eigenvalue weighted by Crippen LogP contribution is 2.38. The second-order valence-electron chi connectivity index (χ2n) is 6.94. The fourth-order valence-corrected chi connectivity index (χ4v) is 3.76. The zero-order valence-electron chi connectivity index (χ0n) is 13.4. The van der Waals surface area contributed by atoms with Crippen LogP contribution in [0.3, 0.4) is 0 Å². The third kappa shape index (κ3) is 2.60. The third-order valence-electron chi connectivity index (χ3n) is 5.10. The van der Waals surface area contributed by atoms with Crippen molar-refractivity contribution in [1.29, 1.82) is 0 Å². The molecule has 0 saturated heterocycles. The predicted octanol–water partition coefficient (Wildman–Crippen LogP) is 4.05. The molecule has 4 nitrogen and oxygen atoms in total. The van der Waals surface area contributed by atoms with Crippen LogP contribution in [-0.2, 0) is 19.5 Å². The fourth-order valence-electron chi connectivity index (χ4n) is 3.59. The molecular formula is C19H19ClN4. The third-order valence-corrected chi connectivity index (χ3v) is 5.33. The first-order valence-corrected chi connectivity index (χ1v) is 8.96. The van der Waals surface area contributed by atoms with Gasteiger partial charge in [-0.3, -0.25) is 4.90 Å². The van der Waals surface area contributed by atoms with Gasteiger partial charge < -0.3 is 4.98 Å². The maximum Gasteiger partial charge on any atom is 0.131 e. The summed E-state index contributed by atoms with van der Waals surface area (Å²) in [6.45, 7) is 2.89. The summed E-state index contributed by atoms with van der Waals surface area (Å²) in [4.78, 5) is 15.2. The first-order valence-electron chi connectivity index (χ1n) is 8.59. The van der Waals surface area contributed by atoms with Crippen molar-refractivity contribution in [3.63, 3.8) is 0 Å². The molecule has 1 aliphatic carbocycles. The van der Waals surface area contributed by atoms with E-state index in [1.54, 1.807) is 0 Å². The molecule has 24 heavy (non-hydrogen) atoms. The molecule has 122 valence electrons. The molecule has 1 N–H and O–H groups in total. The molecule has 0 atom stereocenters. The van der Waals surface area contributed by atoms with Crippen LogP contribution >= 0.6 is 11.6 Å². The summed E-state index contributed by atoms with van der Waals surface area (Å²) in [5.41, 5.74) is 4.98. The topological polar surface area (TPSA) is 44.8 Å². The molecule has 0 radical (unpaired) electrons. The quantitative estimate of drug-likeness (QED) is 0.783. The normalized spacial score (nSPS) is 18.0. The smallest absolute Gasteiger partial charge is 0.131 e. The van der Waals surface area contributed by atoms with Crippen molar-refractivity contribution in [3.8, 4) is 0 Å². The molecule has 0 bridgehead atoms. The molecule has 2 aromatic heterocycles. The molecule has 0 spiro atoms. The molecule has 3 aromatic rings. The minimum atomic E-state index is 0.629. The summed E-state index contributed by atoms with van der Waals surface area (Å²) < 4.78 is 0.